The van der Waals surface area contributed by atoms with Gasteiger partial charge in [-0.15, -0.1) is 0 Å². The van der Waals surface area contributed by atoms with Crippen molar-refractivity contribution in [3.8, 4) is 11.5 Å². The van der Waals surface area contributed by atoms with Crippen LogP contribution in [-0.2, 0) is 32.1 Å². The Morgan fingerprint density at radius 3 is 1.32 bits per heavy atom. The van der Waals surface area contributed by atoms with Crippen LogP contribution in [0.25, 0.3) is 10.8 Å². The molecule has 0 bridgehead atoms. The number of anilines is 1. The Morgan fingerprint density at radius 1 is 0.394 bits per heavy atom. The van der Waals surface area contributed by atoms with E-state index < -0.39 is 0 Å². The van der Waals surface area contributed by atoms with Crippen molar-refractivity contribution in [2.24, 2.45) is 9.98 Å². The summed E-state index contributed by atoms with van der Waals surface area (Å²) in [4.78, 5) is 13.2. The molecule has 4 aromatic carbocycles. The topological polar surface area (TPSA) is 68.4 Å². The maximum atomic E-state index is 9.82. The van der Waals surface area contributed by atoms with Gasteiger partial charge in [0, 0.05) is 18.8 Å². The summed E-state index contributed by atoms with van der Waals surface area (Å²) in [5.74, 6) is -0.0939. The van der Waals surface area contributed by atoms with E-state index in [4.69, 9.17) is 9.98 Å². The Bertz CT molecular complexity index is 2010. The van der Waals surface area contributed by atoms with Crippen molar-refractivity contribution in [3.63, 3.8) is 0 Å². The summed E-state index contributed by atoms with van der Waals surface area (Å²) in [5.41, 5.74) is 13.2. The molecule has 0 aliphatic rings. The molecule has 0 unspecified atom stereocenters. The number of aliphatic imine (C=N–C) groups is 2. The van der Waals surface area contributed by atoms with Gasteiger partial charge >= 0.3 is 0 Å². The standard InChI is InChI=1S/C42H68N2.C19H27NO2/c1-7-13-19-20-21-22-28-42(44-40-32-30-36(24-15-9-3)38(34-40)26-17-11-5)41(27-18-12-6)43-39-31-29-35(23-14-8-2)37(33-39)25-16-10-4;1-4-7-8-9-14-10-16(20(5-2)6-3)11-15-12-18(21)19(22)13-17(14)15/h29-34H,7-28H2,1-6H3;10-13,21-22H,4-9H2,1-3H3. The molecule has 5 nitrogen and oxygen atoms in total. The van der Waals surface area contributed by atoms with Crippen molar-refractivity contribution in [3.05, 3.63) is 88.5 Å². The van der Waals surface area contributed by atoms with Crippen LogP contribution in [-0.4, -0.2) is 34.7 Å². The summed E-state index contributed by atoms with van der Waals surface area (Å²) in [6.07, 6.45) is 31.4. The van der Waals surface area contributed by atoms with Crippen LogP contribution in [0.15, 0.2) is 70.6 Å². The fourth-order valence-corrected chi connectivity index (χ4v) is 9.04. The van der Waals surface area contributed by atoms with Crippen molar-refractivity contribution in [2.45, 2.75) is 229 Å². The first-order valence-corrected chi connectivity index (χ1v) is 27.3. The molecule has 4 rings (SSSR count). The van der Waals surface area contributed by atoms with E-state index in [0.29, 0.717) is 0 Å². The van der Waals surface area contributed by atoms with Crippen molar-refractivity contribution in [2.75, 3.05) is 18.0 Å². The maximum Gasteiger partial charge on any atom is 0.158 e. The SMILES string of the molecule is CCCCCCCCC(=Nc1ccc(CCCC)c(CCCC)c1)C(CCCC)=Nc1ccc(CCCC)c(CCCC)c1.CCCCCc1cc(N(CC)CC)cc2cc(O)c(O)cc12. The monoisotopic (exact) mass is 902 g/mol. The molecular weight excluding hydrogens is 807 g/mol. The zero-order chi connectivity index (χ0) is 47.9. The molecule has 0 amide bonds. The van der Waals surface area contributed by atoms with Gasteiger partial charge in [-0.2, -0.15) is 0 Å². The molecule has 0 saturated carbocycles. The van der Waals surface area contributed by atoms with Gasteiger partial charge in [-0.05, 0) is 191 Å². The van der Waals surface area contributed by atoms with Gasteiger partial charge in [-0.1, -0.05) is 138 Å². The third-order valence-electron chi connectivity index (χ3n) is 13.3. The fraction of sp³-hybridized carbons (Fsp3) is 0.607. The lowest BCUT2D eigenvalue weighted by Gasteiger charge is -2.23. The summed E-state index contributed by atoms with van der Waals surface area (Å²) in [5, 5.41) is 21.7. The first-order valence-electron chi connectivity index (χ1n) is 27.3. The van der Waals surface area contributed by atoms with Gasteiger partial charge < -0.3 is 15.1 Å². The summed E-state index contributed by atoms with van der Waals surface area (Å²) in [7, 11) is 0. The highest BCUT2D eigenvalue weighted by Gasteiger charge is 2.14. The van der Waals surface area contributed by atoms with Gasteiger partial charge in [-0.25, -0.2) is 0 Å². The third kappa shape index (κ3) is 19.6. The fourth-order valence-electron chi connectivity index (χ4n) is 9.04. The van der Waals surface area contributed by atoms with E-state index in [-0.39, 0.29) is 11.5 Å². The van der Waals surface area contributed by atoms with Gasteiger partial charge in [0.25, 0.3) is 0 Å². The average Bonchev–Trinajstić information content (AvgIpc) is 3.32. The van der Waals surface area contributed by atoms with Crippen LogP contribution in [0.2, 0.25) is 0 Å². The van der Waals surface area contributed by atoms with Crippen LogP contribution >= 0.6 is 0 Å². The lowest BCUT2D eigenvalue weighted by molar-refractivity contribution is 0.405. The van der Waals surface area contributed by atoms with Gasteiger partial charge in [0.15, 0.2) is 11.5 Å². The van der Waals surface area contributed by atoms with E-state index >= 15 is 0 Å². The molecule has 4 aromatic rings. The molecule has 0 atom stereocenters. The lowest BCUT2D eigenvalue weighted by atomic mass is 9.96. The molecule has 0 radical (unpaired) electrons. The Hall–Kier alpha value is -4.12. The summed E-state index contributed by atoms with van der Waals surface area (Å²) >= 11 is 0. The average molecular weight is 902 g/mol. The normalized spacial score (nSPS) is 11.9. The highest BCUT2D eigenvalue weighted by atomic mass is 16.3. The van der Waals surface area contributed by atoms with E-state index in [0.717, 1.165) is 80.2 Å². The first-order chi connectivity index (χ1) is 32.2. The van der Waals surface area contributed by atoms with Crippen LogP contribution in [0.3, 0.4) is 0 Å². The quantitative estimate of drug-likeness (QED) is 0.0291. The molecule has 66 heavy (non-hydrogen) atoms. The number of nitrogens with zero attached hydrogens (tertiary/aromatic N) is 3. The predicted molar refractivity (Wildman–Crippen MR) is 293 cm³/mol. The third-order valence-corrected chi connectivity index (χ3v) is 13.3. The van der Waals surface area contributed by atoms with Crippen molar-refractivity contribution >= 4 is 39.3 Å². The second kappa shape index (κ2) is 33.4. The number of hydrogen-bond acceptors (Lipinski definition) is 5. The number of phenols is 2. The summed E-state index contributed by atoms with van der Waals surface area (Å²) in [6.45, 7) is 22.2. The second-order valence-electron chi connectivity index (χ2n) is 18.9. The molecule has 0 fully saturated rings. The first kappa shape index (κ1) is 56.2. The smallest absolute Gasteiger partial charge is 0.158 e. The number of phenolic OH excluding ortho intramolecular Hbond substituents is 2. The highest BCUT2D eigenvalue weighted by molar-refractivity contribution is 6.43. The van der Waals surface area contributed by atoms with Gasteiger partial charge in [0.05, 0.1) is 22.8 Å². The Morgan fingerprint density at radius 2 is 0.818 bits per heavy atom. The summed E-state index contributed by atoms with van der Waals surface area (Å²) < 4.78 is 0. The molecule has 5 heteroatoms. The predicted octanol–water partition coefficient (Wildman–Crippen LogP) is 18.7. The molecule has 0 spiro atoms. The van der Waals surface area contributed by atoms with E-state index in [9.17, 15) is 10.2 Å². The molecule has 0 saturated heterocycles. The van der Waals surface area contributed by atoms with Gasteiger partial charge in [0.2, 0.25) is 0 Å². The van der Waals surface area contributed by atoms with Crippen LogP contribution in [0.1, 0.15) is 225 Å². The Labute approximate surface area is 405 Å². The van der Waals surface area contributed by atoms with Crippen LogP contribution in [0.5, 0.6) is 11.5 Å². The van der Waals surface area contributed by atoms with E-state index in [1.807, 2.05) is 0 Å². The molecule has 2 N–H and O–H groups in total. The lowest BCUT2D eigenvalue weighted by Crippen LogP contribution is -2.21. The zero-order valence-corrected chi connectivity index (χ0v) is 43.8. The minimum atomic E-state index is -0.0521. The van der Waals surface area contributed by atoms with Gasteiger partial charge in [0.1, 0.15) is 0 Å². The number of fused-ring (bicyclic) bond motifs is 1. The van der Waals surface area contributed by atoms with Crippen molar-refractivity contribution < 1.29 is 10.2 Å². The minimum absolute atomic E-state index is 0.0418. The molecular formula is C61H95N3O2. The second-order valence-corrected chi connectivity index (χ2v) is 18.9. The molecule has 0 aliphatic heterocycles. The van der Waals surface area contributed by atoms with Crippen molar-refractivity contribution in [1.29, 1.82) is 0 Å². The number of benzene rings is 4. The molecule has 0 aliphatic carbocycles. The van der Waals surface area contributed by atoms with E-state index in [1.165, 1.54) is 167 Å². The number of aryl methyl sites for hydroxylation is 5. The number of rotatable bonds is 32. The zero-order valence-electron chi connectivity index (χ0n) is 43.8. The summed E-state index contributed by atoms with van der Waals surface area (Å²) in [6, 6.07) is 21.8. The minimum Gasteiger partial charge on any atom is -0.504 e. The largest absolute Gasteiger partial charge is 0.504 e. The van der Waals surface area contributed by atoms with Crippen molar-refractivity contribution in [1.82, 2.24) is 0 Å². The molecule has 0 aromatic heterocycles. The maximum absolute atomic E-state index is 9.82. The van der Waals surface area contributed by atoms with E-state index in [2.05, 4.69) is 116 Å². The van der Waals surface area contributed by atoms with Crippen LogP contribution in [0.4, 0.5) is 17.1 Å². The Balaban J connectivity index is 0.000000437. The van der Waals surface area contributed by atoms with Gasteiger partial charge in [-0.3, -0.25) is 9.98 Å². The van der Waals surface area contributed by atoms with E-state index in [1.54, 1.807) is 12.1 Å². The Kier molecular flexibility index (Phi) is 28.4. The number of hydrogen-bond donors (Lipinski definition) is 2. The molecule has 366 valence electrons. The molecule has 0 heterocycles. The number of aromatic hydroxyl groups is 2. The number of unbranched alkanes of at least 4 members (excludes halogenated alkanes) is 12. The highest BCUT2D eigenvalue weighted by Crippen LogP contribution is 2.36. The van der Waals surface area contributed by atoms with Crippen LogP contribution < -0.4 is 4.90 Å². The van der Waals surface area contributed by atoms with Crippen LogP contribution in [0, 0.1) is 0 Å².